The van der Waals surface area contributed by atoms with Gasteiger partial charge >= 0.3 is 5.97 Å². The van der Waals surface area contributed by atoms with Crippen LogP contribution in [0.15, 0.2) is 0 Å². The Balaban J connectivity index is 4.27. The molecule has 1 N–H and O–H groups in total. The van der Waals surface area contributed by atoms with Crippen LogP contribution in [0.25, 0.3) is 0 Å². The number of hydrogen-bond donors (Lipinski definition) is 1. The molecule has 0 atom stereocenters. The maximum atomic E-state index is 10.8. The van der Waals surface area contributed by atoms with Gasteiger partial charge in [0.1, 0.15) is 8.28 Å². The van der Waals surface area contributed by atoms with E-state index in [1.165, 1.54) is 23.5 Å². The first kappa shape index (κ1) is 14.3. The van der Waals surface area contributed by atoms with Gasteiger partial charge in [0.15, 0.2) is 0 Å². The van der Waals surface area contributed by atoms with Crippen LogP contribution in [-0.4, -0.2) is 24.1 Å². The van der Waals surface area contributed by atoms with E-state index in [1.807, 2.05) is 0 Å². The average Bonchev–Trinajstić information content (AvgIpc) is 1.79. The Kier molecular flexibility index (Phi) is 4.95. The lowest BCUT2D eigenvalue weighted by Gasteiger charge is -2.22. The van der Waals surface area contributed by atoms with Crippen LogP contribution in [-0.2, 0) is 4.79 Å². The van der Waals surface area contributed by atoms with E-state index < -0.39 is 10.7 Å². The number of hydrogen-bond acceptors (Lipinski definition) is 4. The first-order valence-electron chi connectivity index (χ1n) is 4.20. The summed E-state index contributed by atoms with van der Waals surface area (Å²) in [5.74, 6) is -0.834. The molecule has 0 aliphatic rings. The minimum absolute atomic E-state index is 0.0403. The van der Waals surface area contributed by atoms with Crippen molar-refractivity contribution in [3.63, 3.8) is 0 Å². The van der Waals surface area contributed by atoms with Crippen LogP contribution in [0.2, 0.25) is 0 Å². The number of thiocarbonyl (C=S) groups is 1. The van der Waals surface area contributed by atoms with E-state index in [0.717, 1.165) is 0 Å². The molecule has 0 radical (unpaired) electrons. The Hall–Kier alpha value is 0.260. The maximum absolute atomic E-state index is 10.8. The standard InChI is InChI=1S/C9H16O2S3/c1-8(2,3)13-7(12)14-9(4,5)6(10)11/h1-5H3,(H,10,11). The van der Waals surface area contributed by atoms with Crippen molar-refractivity contribution in [1.82, 2.24) is 0 Å². The third-order valence-corrected chi connectivity index (χ3v) is 3.87. The summed E-state index contributed by atoms with van der Waals surface area (Å²) in [7, 11) is 0. The lowest BCUT2D eigenvalue weighted by atomic mass is 10.2. The van der Waals surface area contributed by atoms with E-state index in [9.17, 15) is 4.79 Å². The van der Waals surface area contributed by atoms with Crippen molar-refractivity contribution < 1.29 is 9.90 Å². The zero-order valence-electron chi connectivity index (χ0n) is 9.08. The van der Waals surface area contributed by atoms with Gasteiger partial charge in [0.25, 0.3) is 0 Å². The molecule has 82 valence electrons. The van der Waals surface area contributed by atoms with E-state index >= 15 is 0 Å². The maximum Gasteiger partial charge on any atom is 0.319 e. The van der Waals surface area contributed by atoms with Gasteiger partial charge in [-0.2, -0.15) is 0 Å². The molecule has 14 heavy (non-hydrogen) atoms. The molecule has 0 bridgehead atoms. The first-order valence-corrected chi connectivity index (χ1v) is 6.24. The van der Waals surface area contributed by atoms with Gasteiger partial charge in [0.2, 0.25) is 0 Å². The third-order valence-electron chi connectivity index (χ3n) is 1.24. The van der Waals surface area contributed by atoms with Crippen LogP contribution >= 0.6 is 35.7 Å². The number of carboxylic acid groups (broad SMARTS) is 1. The number of rotatable bonds is 2. The summed E-state index contributed by atoms with van der Waals surface area (Å²) in [5.41, 5.74) is 0. The highest BCUT2D eigenvalue weighted by Crippen LogP contribution is 2.36. The van der Waals surface area contributed by atoms with Crippen molar-refractivity contribution in [2.75, 3.05) is 0 Å². The van der Waals surface area contributed by atoms with Crippen molar-refractivity contribution in [1.29, 1.82) is 0 Å². The zero-order chi connectivity index (χ0) is 11.6. The topological polar surface area (TPSA) is 37.3 Å². The molecule has 0 aromatic rings. The van der Waals surface area contributed by atoms with Crippen LogP contribution < -0.4 is 0 Å². The largest absolute Gasteiger partial charge is 0.480 e. The summed E-state index contributed by atoms with van der Waals surface area (Å²) >= 11 is 7.90. The fourth-order valence-corrected chi connectivity index (χ4v) is 4.44. The highest BCUT2D eigenvalue weighted by molar-refractivity contribution is 8.48. The molecule has 0 fully saturated rings. The van der Waals surface area contributed by atoms with Crippen molar-refractivity contribution in [2.45, 2.75) is 44.1 Å². The molecule has 0 spiro atoms. The number of carboxylic acids is 1. The van der Waals surface area contributed by atoms with Crippen LogP contribution in [0.4, 0.5) is 0 Å². The Bertz CT molecular complexity index is 241. The fraction of sp³-hybridized carbons (Fsp3) is 0.778. The van der Waals surface area contributed by atoms with E-state index in [-0.39, 0.29) is 4.75 Å². The smallest absolute Gasteiger partial charge is 0.319 e. The Morgan fingerprint density at radius 1 is 1.14 bits per heavy atom. The average molecular weight is 252 g/mol. The second-order valence-corrected chi connectivity index (χ2v) is 9.04. The summed E-state index contributed by atoms with van der Waals surface area (Å²) < 4.78 is -0.113. The highest BCUT2D eigenvalue weighted by Gasteiger charge is 2.30. The van der Waals surface area contributed by atoms with Gasteiger partial charge in [-0.1, -0.05) is 44.8 Å². The minimum Gasteiger partial charge on any atom is -0.480 e. The van der Waals surface area contributed by atoms with Crippen LogP contribution in [0, 0.1) is 0 Å². The van der Waals surface area contributed by atoms with E-state index in [4.69, 9.17) is 17.3 Å². The second kappa shape index (κ2) is 4.86. The first-order chi connectivity index (χ1) is 6.04. The van der Waals surface area contributed by atoms with E-state index in [0.29, 0.717) is 3.53 Å². The lowest BCUT2D eigenvalue weighted by Crippen LogP contribution is -2.28. The molecule has 0 unspecified atom stereocenters. The van der Waals surface area contributed by atoms with E-state index in [2.05, 4.69) is 20.8 Å². The van der Waals surface area contributed by atoms with Gasteiger partial charge in [-0.15, -0.1) is 11.8 Å². The summed E-state index contributed by atoms with van der Waals surface area (Å²) in [6.07, 6.45) is 0. The molecule has 0 aromatic heterocycles. The predicted octanol–water partition coefficient (Wildman–Crippen LogP) is 3.40. The molecule has 0 aromatic carbocycles. The Labute approximate surface area is 99.2 Å². The molecule has 0 aliphatic carbocycles. The fourth-order valence-electron chi connectivity index (χ4n) is 0.523. The summed E-state index contributed by atoms with van der Waals surface area (Å²) in [5, 5.41) is 8.90. The molecule has 0 heterocycles. The third kappa shape index (κ3) is 5.88. The van der Waals surface area contributed by atoms with Gasteiger partial charge in [-0.3, -0.25) is 4.79 Å². The van der Waals surface area contributed by atoms with Gasteiger partial charge in [0.05, 0.1) is 0 Å². The van der Waals surface area contributed by atoms with Crippen LogP contribution in [0.1, 0.15) is 34.6 Å². The molecule has 5 heteroatoms. The Morgan fingerprint density at radius 3 is 1.86 bits per heavy atom. The molecule has 2 nitrogen and oxygen atoms in total. The van der Waals surface area contributed by atoms with Gasteiger partial charge in [-0.05, 0) is 13.8 Å². The molecular weight excluding hydrogens is 236 g/mol. The molecule has 0 saturated carbocycles. The van der Waals surface area contributed by atoms with Crippen LogP contribution in [0.5, 0.6) is 0 Å². The van der Waals surface area contributed by atoms with Crippen LogP contribution in [0.3, 0.4) is 0 Å². The summed E-state index contributed by atoms with van der Waals surface area (Å²) in [4.78, 5) is 10.8. The number of aliphatic carboxylic acids is 1. The Morgan fingerprint density at radius 2 is 1.57 bits per heavy atom. The molecule has 0 amide bonds. The molecule has 0 rings (SSSR count). The lowest BCUT2D eigenvalue weighted by molar-refractivity contribution is -0.138. The van der Waals surface area contributed by atoms with Gasteiger partial charge in [0, 0.05) is 4.75 Å². The predicted molar refractivity (Wildman–Crippen MR) is 69.2 cm³/mol. The number of carbonyl (C=O) groups is 1. The van der Waals surface area contributed by atoms with Crippen molar-refractivity contribution >= 4 is 45.2 Å². The normalized spacial score (nSPS) is 12.6. The minimum atomic E-state index is -0.838. The quantitative estimate of drug-likeness (QED) is 0.762. The van der Waals surface area contributed by atoms with Crippen molar-refractivity contribution in [3.8, 4) is 0 Å². The van der Waals surface area contributed by atoms with E-state index in [1.54, 1.807) is 13.8 Å². The SMILES string of the molecule is CC(C)(C)SC(=S)SC(C)(C)C(=O)O. The highest BCUT2D eigenvalue weighted by atomic mass is 32.2. The zero-order valence-corrected chi connectivity index (χ0v) is 11.5. The van der Waals surface area contributed by atoms with Gasteiger partial charge in [-0.25, -0.2) is 0 Å². The van der Waals surface area contributed by atoms with Crippen molar-refractivity contribution in [3.05, 3.63) is 0 Å². The molecule has 0 saturated heterocycles. The van der Waals surface area contributed by atoms with Crippen molar-refractivity contribution in [2.24, 2.45) is 0 Å². The second-order valence-electron chi connectivity index (χ2n) is 4.38. The summed E-state index contributed by atoms with van der Waals surface area (Å²) in [6, 6.07) is 0. The monoisotopic (exact) mass is 252 g/mol. The molecule has 0 aliphatic heterocycles. The van der Waals surface area contributed by atoms with Gasteiger partial charge < -0.3 is 5.11 Å². The molecular formula is C9H16O2S3. The number of thioether (sulfide) groups is 2. The summed E-state index contributed by atoms with van der Waals surface area (Å²) in [6.45, 7) is 9.49.